The van der Waals surface area contributed by atoms with Crippen LogP contribution in [0.3, 0.4) is 0 Å². The number of nitro benzene ring substituents is 1. The highest BCUT2D eigenvalue weighted by Gasteiger charge is 2.47. The third-order valence-electron chi connectivity index (χ3n) is 4.68. The van der Waals surface area contributed by atoms with E-state index in [-0.39, 0.29) is 46.1 Å². The number of carbonyl (C=O) groups is 3. The van der Waals surface area contributed by atoms with Crippen LogP contribution in [0.25, 0.3) is 0 Å². The van der Waals surface area contributed by atoms with Crippen LogP contribution in [0, 0.1) is 21.4 Å². The Balaban J connectivity index is 2.11. The van der Waals surface area contributed by atoms with Crippen molar-refractivity contribution in [1.29, 1.82) is 5.26 Å². The summed E-state index contributed by atoms with van der Waals surface area (Å²) in [6.45, 7) is 1.85. The molecule has 0 saturated carbocycles. The minimum Gasteiger partial charge on any atom is -0.453 e. The smallest absolute Gasteiger partial charge is 0.358 e. The van der Waals surface area contributed by atoms with Crippen molar-refractivity contribution in [3.05, 3.63) is 39.9 Å². The normalized spacial score (nSPS) is 18.3. The molecular weight excluding hydrogens is 444 g/mol. The molecule has 0 aromatic heterocycles. The first kappa shape index (κ1) is 24.6. The van der Waals surface area contributed by atoms with Gasteiger partial charge < -0.3 is 15.4 Å². The Labute approximate surface area is 185 Å². The second-order valence-corrected chi connectivity index (χ2v) is 11.4. The molecule has 168 valence electrons. The molecule has 0 aliphatic carbocycles. The molecule has 1 saturated heterocycles. The largest absolute Gasteiger partial charge is 0.453 e. The highest BCUT2D eigenvalue weighted by Crippen LogP contribution is 2.58. The van der Waals surface area contributed by atoms with Gasteiger partial charge in [-0.15, -0.1) is 11.8 Å². The van der Waals surface area contributed by atoms with E-state index in [0.29, 0.717) is 18.5 Å². The van der Waals surface area contributed by atoms with E-state index in [1.165, 1.54) is 43.0 Å². The van der Waals surface area contributed by atoms with Gasteiger partial charge in [0.2, 0.25) is 5.91 Å². The topological polar surface area (TPSA) is 151 Å². The summed E-state index contributed by atoms with van der Waals surface area (Å²) in [5.74, 6) is -0.325. The summed E-state index contributed by atoms with van der Waals surface area (Å²) in [7, 11) is -2.58. The van der Waals surface area contributed by atoms with Gasteiger partial charge in [0.1, 0.15) is 13.2 Å². The molecule has 10 nitrogen and oxygen atoms in total. The number of nitriles is 1. The Morgan fingerprint density at radius 2 is 2.10 bits per heavy atom. The van der Waals surface area contributed by atoms with Crippen molar-refractivity contribution in [1.82, 2.24) is 10.6 Å². The number of benzene rings is 1. The highest BCUT2D eigenvalue weighted by molar-refractivity contribution is 8.59. The zero-order valence-electron chi connectivity index (χ0n) is 17.0. The molecule has 0 radical (unpaired) electrons. The number of nitro groups is 1. The molecular formula is C19H24N4O6S2. The molecule has 1 heterocycles. The first-order valence-corrected chi connectivity index (χ1v) is 12.5. The van der Waals surface area contributed by atoms with E-state index in [0.717, 1.165) is 6.42 Å². The number of nitrogens with zero attached hydrogens (tertiary/aromatic N) is 2. The minimum atomic E-state index is -2.58. The Morgan fingerprint density at radius 3 is 2.65 bits per heavy atom. The van der Waals surface area contributed by atoms with Gasteiger partial charge in [0.25, 0.3) is 5.69 Å². The van der Waals surface area contributed by atoms with Gasteiger partial charge in [-0.25, -0.2) is 4.79 Å². The van der Waals surface area contributed by atoms with Crippen LogP contribution < -0.4 is 10.6 Å². The molecule has 0 spiro atoms. The molecule has 1 aliphatic heterocycles. The maximum atomic E-state index is 13.2. The lowest BCUT2D eigenvalue weighted by Gasteiger charge is -2.39. The average molecular weight is 469 g/mol. The Kier molecular flexibility index (Phi) is 9.29. The van der Waals surface area contributed by atoms with Gasteiger partial charge in [0, 0.05) is 24.1 Å². The molecule has 2 N–H and O–H groups in total. The summed E-state index contributed by atoms with van der Waals surface area (Å²) in [6.07, 6.45) is 1.48. The van der Waals surface area contributed by atoms with Gasteiger partial charge in [0.15, 0.2) is 5.12 Å². The molecule has 31 heavy (non-hydrogen) atoms. The van der Waals surface area contributed by atoms with E-state index >= 15 is 0 Å². The van der Waals surface area contributed by atoms with Crippen molar-refractivity contribution >= 4 is 43.8 Å². The first-order chi connectivity index (χ1) is 14.8. The zero-order valence-corrected chi connectivity index (χ0v) is 18.6. The monoisotopic (exact) mass is 468 g/mol. The van der Waals surface area contributed by atoms with E-state index in [1.807, 2.05) is 6.07 Å². The number of hydrogen-bond acceptors (Lipinski definition) is 9. The van der Waals surface area contributed by atoms with Gasteiger partial charge in [-0.2, -0.15) is 5.26 Å². The number of ether oxygens (including phenoxy) is 1. The van der Waals surface area contributed by atoms with Crippen molar-refractivity contribution in [2.75, 3.05) is 23.9 Å². The maximum absolute atomic E-state index is 13.2. The average Bonchev–Trinajstić information content (AvgIpc) is 3.28. The summed E-state index contributed by atoms with van der Waals surface area (Å²) >= 11 is 1.17. The van der Waals surface area contributed by atoms with Crippen molar-refractivity contribution in [3.8, 4) is 6.07 Å². The number of carbonyl (C=O) groups excluding carboxylic acids is 3. The van der Waals surface area contributed by atoms with Gasteiger partial charge in [-0.05, 0) is 37.1 Å². The van der Waals surface area contributed by atoms with Crippen molar-refractivity contribution < 1.29 is 24.0 Å². The van der Waals surface area contributed by atoms with Gasteiger partial charge >= 0.3 is 5.30 Å². The molecule has 1 aromatic carbocycles. The number of nitrogens with one attached hydrogen (secondary N) is 2. The second-order valence-electron chi connectivity index (χ2n) is 6.73. The quantitative estimate of drug-likeness (QED) is 0.241. The summed E-state index contributed by atoms with van der Waals surface area (Å²) in [4.78, 5) is 48.0. The standard InChI is InChI=1S/C19H24N4O6S2/c1-14(24)31(18-3-2-9-22-18,13-30-12-17(25)21-10-8-20)19(26)29-11-15-4-6-16(7-5-15)23(27)28/h4-7,18,22H,2-3,9-13H2,1H3,(H,21,25). The van der Waals surface area contributed by atoms with Crippen LogP contribution in [0.4, 0.5) is 10.5 Å². The van der Waals surface area contributed by atoms with Crippen LogP contribution in [0.1, 0.15) is 25.3 Å². The lowest BCUT2D eigenvalue weighted by atomic mass is 10.2. The van der Waals surface area contributed by atoms with E-state index < -0.39 is 20.3 Å². The number of non-ortho nitro benzene ring substituents is 1. The fraction of sp³-hybridized carbons (Fsp3) is 0.474. The van der Waals surface area contributed by atoms with E-state index in [2.05, 4.69) is 10.6 Å². The fourth-order valence-corrected chi connectivity index (χ4v) is 8.55. The highest BCUT2D eigenvalue weighted by atomic mass is 32.3. The lowest BCUT2D eigenvalue weighted by molar-refractivity contribution is -0.384. The summed E-state index contributed by atoms with van der Waals surface area (Å²) in [6, 6.07) is 7.46. The van der Waals surface area contributed by atoms with Crippen LogP contribution in [0.5, 0.6) is 0 Å². The van der Waals surface area contributed by atoms with Crippen LogP contribution in [0.15, 0.2) is 24.3 Å². The molecule has 2 atom stereocenters. The van der Waals surface area contributed by atoms with Gasteiger partial charge in [-0.3, -0.25) is 19.7 Å². The van der Waals surface area contributed by atoms with Crippen LogP contribution in [-0.4, -0.2) is 50.5 Å². The third kappa shape index (κ3) is 6.43. The van der Waals surface area contributed by atoms with Crippen molar-refractivity contribution in [2.24, 2.45) is 0 Å². The summed E-state index contributed by atoms with van der Waals surface area (Å²) < 4.78 is 5.50. The molecule has 12 heteroatoms. The first-order valence-electron chi connectivity index (χ1n) is 9.46. The Hall–Kier alpha value is -2.62. The number of amides is 1. The van der Waals surface area contributed by atoms with Gasteiger partial charge in [0.05, 0.1) is 22.1 Å². The number of thioether (sulfide) groups is 1. The van der Waals surface area contributed by atoms with Crippen LogP contribution >= 0.6 is 21.8 Å². The Morgan fingerprint density at radius 1 is 1.39 bits per heavy atom. The second kappa shape index (κ2) is 11.7. The van der Waals surface area contributed by atoms with Gasteiger partial charge in [-0.1, -0.05) is 10.0 Å². The van der Waals surface area contributed by atoms with Crippen molar-refractivity contribution in [2.45, 2.75) is 31.7 Å². The van der Waals surface area contributed by atoms with E-state index in [1.54, 1.807) is 0 Å². The summed E-state index contributed by atoms with van der Waals surface area (Å²) in [5, 5.41) is 23.9. The predicted octanol–water partition coefficient (Wildman–Crippen LogP) is 2.62. The molecule has 1 aliphatic rings. The maximum Gasteiger partial charge on any atom is 0.358 e. The van der Waals surface area contributed by atoms with E-state index in [9.17, 15) is 24.5 Å². The molecule has 2 unspecified atom stereocenters. The molecule has 1 amide bonds. The van der Waals surface area contributed by atoms with Crippen LogP contribution in [0.2, 0.25) is 0 Å². The zero-order chi connectivity index (χ0) is 22.9. The number of rotatable bonds is 9. The van der Waals surface area contributed by atoms with Crippen molar-refractivity contribution in [3.63, 3.8) is 0 Å². The third-order valence-corrected chi connectivity index (χ3v) is 10.4. The Bertz CT molecular complexity index is 867. The molecule has 1 fully saturated rings. The number of hydrogen-bond donors (Lipinski definition) is 2. The molecule has 2 rings (SSSR count). The SMILES string of the molecule is CC(=O)S(CSCC(=O)NCC#N)(C(=O)OCc1ccc([N+](=O)[O-])cc1)C1CCCN1. The minimum absolute atomic E-state index is 0.0199. The lowest BCUT2D eigenvalue weighted by Crippen LogP contribution is -2.38. The molecule has 1 aromatic rings. The molecule has 0 bridgehead atoms. The predicted molar refractivity (Wildman–Crippen MR) is 119 cm³/mol. The van der Waals surface area contributed by atoms with E-state index in [4.69, 9.17) is 10.00 Å². The van der Waals surface area contributed by atoms with Crippen LogP contribution in [-0.2, 0) is 20.9 Å². The summed E-state index contributed by atoms with van der Waals surface area (Å²) in [5.41, 5.74) is 0.499. The fourth-order valence-electron chi connectivity index (χ4n) is 3.06.